The van der Waals surface area contributed by atoms with Gasteiger partial charge in [-0.1, -0.05) is 41.5 Å². The average Bonchev–Trinajstić information content (AvgIpc) is 2.56. The molecule has 0 aliphatic heterocycles. The Morgan fingerprint density at radius 3 is 1.09 bits per heavy atom. The van der Waals surface area contributed by atoms with Gasteiger partial charge in [-0.05, 0) is 36.3 Å². The summed E-state index contributed by atoms with van der Waals surface area (Å²) in [6, 6.07) is 5.61. The van der Waals surface area contributed by atoms with Gasteiger partial charge in [0.05, 0.1) is 0 Å². The van der Waals surface area contributed by atoms with E-state index in [1.165, 1.54) is 0 Å². The lowest BCUT2D eigenvalue weighted by atomic mass is 10.5. The van der Waals surface area contributed by atoms with E-state index in [-0.39, 0.29) is 11.9 Å². The molecule has 4 nitrogen and oxygen atoms in total. The second kappa shape index (κ2) is 10.2. The van der Waals surface area contributed by atoms with Gasteiger partial charge in [-0.2, -0.15) is 0 Å². The molecule has 0 radical (unpaired) electrons. The monoisotopic (exact) mass is 346 g/mol. The highest BCUT2D eigenvalue weighted by molar-refractivity contribution is 6.80. The molecule has 0 aliphatic carbocycles. The first-order chi connectivity index (χ1) is 10.4. The highest BCUT2D eigenvalue weighted by atomic mass is 28.4. The molecule has 0 atom stereocenters. The predicted molar refractivity (Wildman–Crippen MR) is 95.8 cm³/mol. The van der Waals surface area contributed by atoms with Crippen molar-refractivity contribution in [3.8, 4) is 0 Å². The van der Waals surface area contributed by atoms with E-state index < -0.39 is 16.6 Å². The third kappa shape index (κ3) is 6.24. The van der Waals surface area contributed by atoms with Crippen LogP contribution >= 0.6 is 0 Å². The van der Waals surface area contributed by atoms with Gasteiger partial charge in [0.25, 0.3) is 28.6 Å². The van der Waals surface area contributed by atoms with E-state index in [4.69, 9.17) is 8.85 Å². The first-order valence-electron chi connectivity index (χ1n) is 8.80. The van der Waals surface area contributed by atoms with Crippen molar-refractivity contribution >= 4 is 28.6 Å². The van der Waals surface area contributed by atoms with Crippen molar-refractivity contribution in [2.45, 2.75) is 90.6 Å². The zero-order valence-corrected chi connectivity index (χ0v) is 17.3. The third-order valence-electron chi connectivity index (χ3n) is 4.85. The summed E-state index contributed by atoms with van der Waals surface area (Å²) in [5, 5.41) is 0. The Bertz CT molecular complexity index is 316. The van der Waals surface area contributed by atoms with Crippen molar-refractivity contribution in [3.63, 3.8) is 0 Å². The fraction of sp³-hybridized carbons (Fsp3) is 0.875. The van der Waals surface area contributed by atoms with Gasteiger partial charge in [0, 0.05) is 12.8 Å². The van der Waals surface area contributed by atoms with Crippen LogP contribution in [0.25, 0.3) is 0 Å². The molecule has 0 aliphatic rings. The van der Waals surface area contributed by atoms with Crippen molar-refractivity contribution in [2.24, 2.45) is 0 Å². The van der Waals surface area contributed by atoms with E-state index in [0.29, 0.717) is 12.8 Å². The van der Waals surface area contributed by atoms with Crippen molar-refractivity contribution < 1.29 is 18.4 Å². The molecule has 0 aromatic heterocycles. The molecule has 0 saturated carbocycles. The van der Waals surface area contributed by atoms with Gasteiger partial charge in [-0.3, -0.25) is 9.59 Å². The molecule has 0 spiro atoms. The Morgan fingerprint density at radius 1 is 0.636 bits per heavy atom. The first kappa shape index (κ1) is 21.4. The molecule has 0 N–H and O–H groups in total. The Kier molecular flexibility index (Phi) is 9.91. The van der Waals surface area contributed by atoms with Crippen LogP contribution in [0.15, 0.2) is 0 Å². The molecule has 0 unspecified atom stereocenters. The molecule has 0 rings (SSSR count). The van der Waals surface area contributed by atoms with Crippen LogP contribution in [0.5, 0.6) is 0 Å². The van der Waals surface area contributed by atoms with E-state index in [9.17, 15) is 9.59 Å². The van der Waals surface area contributed by atoms with Crippen LogP contribution < -0.4 is 0 Å². The Morgan fingerprint density at radius 2 is 0.909 bits per heavy atom. The summed E-state index contributed by atoms with van der Waals surface area (Å²) >= 11 is 0. The largest absolute Gasteiger partial charge is 0.519 e. The third-order valence-corrected chi connectivity index (χ3v) is 14.2. The molecule has 22 heavy (non-hydrogen) atoms. The predicted octanol–water partition coefficient (Wildman–Crippen LogP) is 4.86. The average molecular weight is 347 g/mol. The van der Waals surface area contributed by atoms with Crippen molar-refractivity contribution in [2.75, 3.05) is 0 Å². The summed E-state index contributed by atoms with van der Waals surface area (Å²) in [7, 11) is -4.07. The molecule has 0 amide bonds. The van der Waals surface area contributed by atoms with E-state index in [1.807, 2.05) is 13.8 Å². The lowest BCUT2D eigenvalue weighted by molar-refractivity contribution is -0.136. The summed E-state index contributed by atoms with van der Waals surface area (Å²) in [5.41, 5.74) is 0. The van der Waals surface area contributed by atoms with Crippen LogP contribution in [-0.2, 0) is 18.4 Å². The fourth-order valence-corrected chi connectivity index (χ4v) is 10.8. The number of carbonyl (C=O) groups is 2. The summed E-state index contributed by atoms with van der Waals surface area (Å²) in [4.78, 5) is 23.5. The van der Waals surface area contributed by atoms with Gasteiger partial charge in [0.2, 0.25) is 0 Å². The first-order valence-corrected chi connectivity index (χ1v) is 13.9. The molecule has 6 heteroatoms. The minimum absolute atomic E-state index is 0.0822. The molecule has 130 valence electrons. The fourth-order valence-electron chi connectivity index (χ4n) is 2.68. The summed E-state index contributed by atoms with van der Waals surface area (Å²) in [6.45, 7) is 12.2. The Hall–Kier alpha value is -0.626. The maximum atomic E-state index is 11.8. The van der Waals surface area contributed by atoms with Crippen LogP contribution in [0.4, 0.5) is 0 Å². The van der Waals surface area contributed by atoms with E-state index in [0.717, 1.165) is 36.3 Å². The van der Waals surface area contributed by atoms with Crippen LogP contribution in [-0.4, -0.2) is 28.6 Å². The maximum absolute atomic E-state index is 11.8. The number of hydrogen-bond donors (Lipinski definition) is 0. The van der Waals surface area contributed by atoms with Crippen LogP contribution in [0.2, 0.25) is 36.3 Å². The van der Waals surface area contributed by atoms with Gasteiger partial charge in [-0.15, -0.1) is 0 Å². The lowest BCUT2D eigenvalue weighted by Gasteiger charge is -2.34. The maximum Gasteiger partial charge on any atom is 0.292 e. The van der Waals surface area contributed by atoms with E-state index in [2.05, 4.69) is 27.7 Å². The van der Waals surface area contributed by atoms with Gasteiger partial charge >= 0.3 is 0 Å². The molecular formula is C16H34O4Si2. The molecule has 0 bridgehead atoms. The standard InChI is InChI=1S/C16H34O4Si2/c1-7-15(17)19-21(9-3,10-4)13-14-22(11-5,12-6)20-16(18)8-2/h7-14H2,1-6H3. The lowest BCUT2D eigenvalue weighted by Crippen LogP contribution is -2.45. The van der Waals surface area contributed by atoms with E-state index >= 15 is 0 Å². The van der Waals surface area contributed by atoms with Crippen molar-refractivity contribution in [1.82, 2.24) is 0 Å². The van der Waals surface area contributed by atoms with Crippen LogP contribution in [0, 0.1) is 0 Å². The van der Waals surface area contributed by atoms with Gasteiger partial charge in [0.1, 0.15) is 0 Å². The Balaban J connectivity index is 5.03. The minimum Gasteiger partial charge on any atom is -0.519 e. The van der Waals surface area contributed by atoms with Gasteiger partial charge in [0.15, 0.2) is 0 Å². The quantitative estimate of drug-likeness (QED) is 0.501. The second-order valence-electron chi connectivity index (χ2n) is 5.94. The smallest absolute Gasteiger partial charge is 0.292 e. The number of rotatable bonds is 11. The molecular weight excluding hydrogens is 312 g/mol. The minimum atomic E-state index is -2.04. The molecule has 0 saturated heterocycles. The van der Waals surface area contributed by atoms with Gasteiger partial charge < -0.3 is 8.85 Å². The van der Waals surface area contributed by atoms with Crippen molar-refractivity contribution in [1.29, 1.82) is 0 Å². The summed E-state index contributed by atoms with van der Waals surface area (Å²) in [6.07, 6.45) is 0.868. The van der Waals surface area contributed by atoms with Crippen molar-refractivity contribution in [3.05, 3.63) is 0 Å². The molecule has 0 aromatic carbocycles. The zero-order chi connectivity index (χ0) is 17.2. The summed E-state index contributed by atoms with van der Waals surface area (Å²) in [5.74, 6) is -0.164. The number of hydrogen-bond acceptors (Lipinski definition) is 4. The van der Waals surface area contributed by atoms with Crippen LogP contribution in [0.1, 0.15) is 54.4 Å². The highest BCUT2D eigenvalue weighted by Crippen LogP contribution is 2.32. The summed E-state index contributed by atoms with van der Waals surface area (Å²) < 4.78 is 11.8. The second-order valence-corrected chi connectivity index (χ2v) is 14.9. The van der Waals surface area contributed by atoms with E-state index in [1.54, 1.807) is 0 Å². The van der Waals surface area contributed by atoms with Gasteiger partial charge in [-0.25, -0.2) is 0 Å². The molecule has 0 heterocycles. The molecule has 0 aromatic rings. The highest BCUT2D eigenvalue weighted by Gasteiger charge is 2.41. The van der Waals surface area contributed by atoms with Crippen LogP contribution in [0.3, 0.4) is 0 Å². The normalized spacial score (nSPS) is 12.1. The SMILES string of the molecule is CCC(=O)O[Si](CC)(CC)CC[Si](CC)(CC)OC(=O)CC. The Labute approximate surface area is 138 Å². The number of carbonyl (C=O) groups excluding carboxylic acids is 2. The molecule has 0 fully saturated rings. The zero-order valence-electron chi connectivity index (χ0n) is 15.3. The topological polar surface area (TPSA) is 52.6 Å².